The van der Waals surface area contributed by atoms with Gasteiger partial charge in [0.25, 0.3) is 0 Å². The number of nitrogen functional groups attached to an aromatic ring is 1. The number of fused-ring (bicyclic) bond motifs is 1. The van der Waals surface area contributed by atoms with Gasteiger partial charge in [-0.2, -0.15) is 0 Å². The van der Waals surface area contributed by atoms with E-state index < -0.39 is 0 Å². The van der Waals surface area contributed by atoms with Crippen molar-refractivity contribution in [3.05, 3.63) is 29.6 Å². The maximum Gasteiger partial charge on any atom is 0.132 e. The number of aromatic nitrogens is 2. The molecule has 2 N–H and O–H groups in total. The van der Waals surface area contributed by atoms with Gasteiger partial charge in [-0.05, 0) is 51.5 Å². The van der Waals surface area contributed by atoms with E-state index >= 15 is 0 Å². The lowest BCUT2D eigenvalue weighted by Crippen LogP contribution is -2.24. The predicted molar refractivity (Wildman–Crippen MR) is 81.0 cm³/mol. The van der Waals surface area contributed by atoms with Crippen LogP contribution >= 0.6 is 0 Å². The molecule has 0 fully saturated rings. The van der Waals surface area contributed by atoms with Crippen LogP contribution in [0, 0.1) is 6.92 Å². The molecule has 1 aromatic heterocycles. The number of aryl methyl sites for hydroxylation is 1. The molecule has 0 saturated heterocycles. The van der Waals surface area contributed by atoms with E-state index in [2.05, 4.69) is 36.4 Å². The van der Waals surface area contributed by atoms with E-state index in [-0.39, 0.29) is 5.54 Å². The van der Waals surface area contributed by atoms with Crippen molar-refractivity contribution in [1.82, 2.24) is 9.55 Å². The van der Waals surface area contributed by atoms with Crippen molar-refractivity contribution >= 4 is 5.82 Å². The second kappa shape index (κ2) is 4.27. The maximum atomic E-state index is 6.34. The SMILES string of the molecule is Cc1nc(-c2ccc3c(c2)CCO3)c(N)n1C(C)(C)C. The molecule has 20 heavy (non-hydrogen) atoms. The molecule has 2 aromatic rings. The Morgan fingerprint density at radius 1 is 1.30 bits per heavy atom. The van der Waals surface area contributed by atoms with Crippen LogP contribution in [-0.2, 0) is 12.0 Å². The second-order valence-corrected chi connectivity index (χ2v) is 6.32. The van der Waals surface area contributed by atoms with E-state index in [1.54, 1.807) is 0 Å². The first kappa shape index (κ1) is 13.0. The molecule has 4 heteroatoms. The molecule has 1 aliphatic heterocycles. The van der Waals surface area contributed by atoms with Crippen molar-refractivity contribution < 1.29 is 4.74 Å². The summed E-state index contributed by atoms with van der Waals surface area (Å²) in [7, 11) is 0. The monoisotopic (exact) mass is 271 g/mol. The minimum atomic E-state index is -0.0702. The van der Waals surface area contributed by atoms with Crippen LogP contribution in [0.5, 0.6) is 5.75 Å². The third-order valence-corrected chi connectivity index (χ3v) is 3.71. The van der Waals surface area contributed by atoms with Gasteiger partial charge in [0.15, 0.2) is 0 Å². The lowest BCUT2D eigenvalue weighted by atomic mass is 10.1. The van der Waals surface area contributed by atoms with Crippen molar-refractivity contribution in [2.24, 2.45) is 0 Å². The highest BCUT2D eigenvalue weighted by Gasteiger charge is 2.23. The molecule has 0 aliphatic carbocycles. The normalized spacial score (nSPS) is 14.2. The molecule has 0 saturated carbocycles. The fraction of sp³-hybridized carbons (Fsp3) is 0.438. The highest BCUT2D eigenvalue weighted by Crippen LogP contribution is 2.34. The molecule has 1 aliphatic rings. The Morgan fingerprint density at radius 2 is 2.05 bits per heavy atom. The van der Waals surface area contributed by atoms with Crippen molar-refractivity contribution in [3.8, 4) is 17.0 Å². The van der Waals surface area contributed by atoms with Crippen molar-refractivity contribution in [2.45, 2.75) is 39.7 Å². The van der Waals surface area contributed by atoms with E-state index in [0.717, 1.165) is 41.7 Å². The minimum Gasteiger partial charge on any atom is -0.493 e. The zero-order valence-corrected chi connectivity index (χ0v) is 12.5. The Hall–Kier alpha value is -1.97. The molecule has 0 unspecified atom stereocenters. The minimum absolute atomic E-state index is 0.0702. The highest BCUT2D eigenvalue weighted by molar-refractivity contribution is 5.72. The molecule has 0 amide bonds. The Balaban J connectivity index is 2.12. The molecule has 0 radical (unpaired) electrons. The smallest absolute Gasteiger partial charge is 0.132 e. The van der Waals surface area contributed by atoms with Crippen LogP contribution in [0.25, 0.3) is 11.3 Å². The van der Waals surface area contributed by atoms with E-state index in [1.165, 1.54) is 5.56 Å². The van der Waals surface area contributed by atoms with Gasteiger partial charge < -0.3 is 15.0 Å². The van der Waals surface area contributed by atoms with Gasteiger partial charge in [-0.3, -0.25) is 0 Å². The predicted octanol–water partition coefficient (Wildman–Crippen LogP) is 3.13. The summed E-state index contributed by atoms with van der Waals surface area (Å²) < 4.78 is 7.64. The second-order valence-electron chi connectivity index (χ2n) is 6.32. The summed E-state index contributed by atoms with van der Waals surface area (Å²) in [4.78, 5) is 4.67. The first-order valence-electron chi connectivity index (χ1n) is 6.99. The first-order chi connectivity index (χ1) is 9.38. The zero-order valence-electron chi connectivity index (χ0n) is 12.5. The summed E-state index contributed by atoms with van der Waals surface area (Å²) in [5, 5.41) is 0. The van der Waals surface area contributed by atoms with Crippen LogP contribution in [0.2, 0.25) is 0 Å². The summed E-state index contributed by atoms with van der Waals surface area (Å²) in [5.41, 5.74) is 9.44. The number of hydrogen-bond donors (Lipinski definition) is 1. The lowest BCUT2D eigenvalue weighted by molar-refractivity contribution is 0.357. The number of rotatable bonds is 1. The summed E-state index contributed by atoms with van der Waals surface area (Å²) in [6.45, 7) is 9.18. The first-order valence-corrected chi connectivity index (χ1v) is 6.99. The summed E-state index contributed by atoms with van der Waals surface area (Å²) >= 11 is 0. The number of nitrogens with two attached hydrogens (primary N) is 1. The quantitative estimate of drug-likeness (QED) is 0.867. The van der Waals surface area contributed by atoms with Crippen molar-refractivity contribution in [1.29, 1.82) is 0 Å². The standard InChI is InChI=1S/C16H21N3O/c1-10-18-14(15(17)19(10)16(2,3)4)12-5-6-13-11(9-12)7-8-20-13/h5-6,9H,7-8,17H2,1-4H3. The summed E-state index contributed by atoms with van der Waals surface area (Å²) in [6.07, 6.45) is 0.960. The number of hydrogen-bond acceptors (Lipinski definition) is 3. The van der Waals surface area contributed by atoms with Crippen molar-refractivity contribution in [3.63, 3.8) is 0 Å². The third kappa shape index (κ3) is 1.96. The molecule has 0 atom stereocenters. The van der Waals surface area contributed by atoms with Gasteiger partial charge in [0.05, 0.1) is 6.61 Å². The van der Waals surface area contributed by atoms with Crippen molar-refractivity contribution in [2.75, 3.05) is 12.3 Å². The molecular formula is C16H21N3O. The molecule has 4 nitrogen and oxygen atoms in total. The molecule has 0 spiro atoms. The lowest BCUT2D eigenvalue weighted by Gasteiger charge is -2.24. The molecule has 1 aromatic carbocycles. The van der Waals surface area contributed by atoms with Crippen LogP contribution in [0.15, 0.2) is 18.2 Å². The Morgan fingerprint density at radius 3 is 2.70 bits per heavy atom. The van der Waals surface area contributed by atoms with Crippen LogP contribution in [0.4, 0.5) is 5.82 Å². The van der Waals surface area contributed by atoms with Gasteiger partial charge in [-0.1, -0.05) is 0 Å². The number of nitrogens with zero attached hydrogens (tertiary/aromatic N) is 2. The molecule has 2 heterocycles. The van der Waals surface area contributed by atoms with E-state index in [0.29, 0.717) is 0 Å². The van der Waals surface area contributed by atoms with E-state index in [1.807, 2.05) is 19.1 Å². The van der Waals surface area contributed by atoms with E-state index in [4.69, 9.17) is 10.5 Å². The van der Waals surface area contributed by atoms with Gasteiger partial charge in [0.1, 0.15) is 23.1 Å². The van der Waals surface area contributed by atoms with E-state index in [9.17, 15) is 0 Å². The maximum absolute atomic E-state index is 6.34. The fourth-order valence-electron chi connectivity index (χ4n) is 2.94. The number of ether oxygens (including phenoxy) is 1. The highest BCUT2D eigenvalue weighted by atomic mass is 16.5. The average Bonchev–Trinajstić information content (AvgIpc) is 2.91. The van der Waals surface area contributed by atoms with Gasteiger partial charge in [0, 0.05) is 17.5 Å². The number of benzene rings is 1. The van der Waals surface area contributed by atoms with Gasteiger partial charge in [-0.25, -0.2) is 4.98 Å². The van der Waals surface area contributed by atoms with Gasteiger partial charge in [0.2, 0.25) is 0 Å². The Kier molecular flexibility index (Phi) is 2.78. The number of anilines is 1. The summed E-state index contributed by atoms with van der Waals surface area (Å²) in [5.74, 6) is 2.66. The van der Waals surface area contributed by atoms with Gasteiger partial charge >= 0.3 is 0 Å². The molecule has 106 valence electrons. The molecular weight excluding hydrogens is 250 g/mol. The number of imidazole rings is 1. The Bertz CT molecular complexity index is 665. The Labute approximate surface area is 119 Å². The molecule has 3 rings (SSSR count). The fourth-order valence-corrected chi connectivity index (χ4v) is 2.94. The van der Waals surface area contributed by atoms with Crippen LogP contribution in [-0.4, -0.2) is 16.2 Å². The average molecular weight is 271 g/mol. The third-order valence-electron chi connectivity index (χ3n) is 3.71. The van der Waals surface area contributed by atoms with Gasteiger partial charge in [-0.15, -0.1) is 0 Å². The zero-order chi connectivity index (χ0) is 14.5. The topological polar surface area (TPSA) is 53.1 Å². The largest absolute Gasteiger partial charge is 0.493 e. The van der Waals surface area contributed by atoms with Crippen LogP contribution < -0.4 is 10.5 Å². The van der Waals surface area contributed by atoms with Crippen LogP contribution in [0.3, 0.4) is 0 Å². The summed E-state index contributed by atoms with van der Waals surface area (Å²) in [6, 6.07) is 6.20. The van der Waals surface area contributed by atoms with Crippen LogP contribution in [0.1, 0.15) is 32.2 Å². The molecule has 0 bridgehead atoms.